The second kappa shape index (κ2) is 7.37. The first-order chi connectivity index (χ1) is 16.1. The molecule has 0 aliphatic heterocycles. The molecule has 2 aromatic carbocycles. The zero-order valence-electron chi connectivity index (χ0n) is 17.4. The molecule has 2 atom stereocenters. The van der Waals surface area contributed by atoms with Gasteiger partial charge in [0.25, 0.3) is 5.91 Å². The first-order valence-electron chi connectivity index (χ1n) is 10.3. The van der Waals surface area contributed by atoms with Crippen molar-refractivity contribution in [3.05, 3.63) is 66.0 Å². The number of hydrogen-bond donors (Lipinski definition) is 2. The van der Waals surface area contributed by atoms with Crippen LogP contribution in [0.4, 0.5) is 10.1 Å². The lowest BCUT2D eigenvalue weighted by atomic mass is 10.1. The number of rotatable bonds is 5. The van der Waals surface area contributed by atoms with Gasteiger partial charge in [0.15, 0.2) is 0 Å². The van der Waals surface area contributed by atoms with Gasteiger partial charge in [-0.1, -0.05) is 23.4 Å². The number of anilines is 1. The van der Waals surface area contributed by atoms with Crippen LogP contribution in [0.1, 0.15) is 34.3 Å². The molecule has 3 heterocycles. The molecule has 10 heteroatoms. The summed E-state index contributed by atoms with van der Waals surface area (Å²) in [5.74, 6) is 0.271. The molecule has 0 spiro atoms. The molecule has 1 aliphatic rings. The Bertz CT molecular complexity index is 1500. The van der Waals surface area contributed by atoms with Crippen LogP contribution in [0.15, 0.2) is 57.7 Å². The fraction of sp³-hybridized carbons (Fsp3) is 0.174. The highest BCUT2D eigenvalue weighted by molar-refractivity contribution is 6.03. The SMILES string of the molecule is Cc1ccc(-c2noc([C@H]3C[C@@H]3F)n2)cc1NC(=O)c1cnc(-c2cccc3[nH]ncc23)o1. The summed E-state index contributed by atoms with van der Waals surface area (Å²) in [5.41, 5.74) is 3.63. The highest BCUT2D eigenvalue weighted by atomic mass is 19.1. The Hall–Kier alpha value is -4.34. The number of aromatic nitrogens is 5. The number of alkyl halides is 1. The average molecular weight is 444 g/mol. The van der Waals surface area contributed by atoms with Gasteiger partial charge < -0.3 is 14.3 Å². The molecular formula is C23H17FN6O3. The van der Waals surface area contributed by atoms with Crippen molar-refractivity contribution in [1.82, 2.24) is 25.3 Å². The van der Waals surface area contributed by atoms with Gasteiger partial charge in [0.05, 0.1) is 23.8 Å². The van der Waals surface area contributed by atoms with E-state index < -0.39 is 12.1 Å². The Morgan fingerprint density at radius 1 is 1.24 bits per heavy atom. The average Bonchev–Trinajstić information content (AvgIpc) is 3.29. The predicted octanol–water partition coefficient (Wildman–Crippen LogP) is 4.65. The maximum absolute atomic E-state index is 13.3. The van der Waals surface area contributed by atoms with E-state index >= 15 is 0 Å². The summed E-state index contributed by atoms with van der Waals surface area (Å²) in [5, 5.41) is 14.6. The van der Waals surface area contributed by atoms with E-state index in [1.165, 1.54) is 6.20 Å². The minimum Gasteiger partial charge on any atom is -0.431 e. The van der Waals surface area contributed by atoms with Crippen molar-refractivity contribution in [1.29, 1.82) is 0 Å². The summed E-state index contributed by atoms with van der Waals surface area (Å²) in [4.78, 5) is 21.4. The molecule has 1 saturated carbocycles. The molecule has 0 bridgehead atoms. The van der Waals surface area contributed by atoms with Gasteiger partial charge in [-0.25, -0.2) is 9.37 Å². The number of nitrogens with one attached hydrogen (secondary N) is 2. The third kappa shape index (κ3) is 3.45. The molecule has 0 saturated heterocycles. The van der Waals surface area contributed by atoms with E-state index in [0.717, 1.165) is 22.0 Å². The molecule has 1 amide bonds. The van der Waals surface area contributed by atoms with Crippen molar-refractivity contribution < 1.29 is 18.1 Å². The summed E-state index contributed by atoms with van der Waals surface area (Å²) in [6.07, 6.45) is 2.56. The van der Waals surface area contributed by atoms with Crippen molar-refractivity contribution in [2.45, 2.75) is 25.4 Å². The van der Waals surface area contributed by atoms with Crippen molar-refractivity contribution in [3.63, 3.8) is 0 Å². The largest absolute Gasteiger partial charge is 0.431 e. The van der Waals surface area contributed by atoms with E-state index in [0.29, 0.717) is 35.3 Å². The molecule has 164 valence electrons. The number of amides is 1. The van der Waals surface area contributed by atoms with Crippen molar-refractivity contribution in [2.24, 2.45) is 0 Å². The van der Waals surface area contributed by atoms with Gasteiger partial charge >= 0.3 is 0 Å². The van der Waals surface area contributed by atoms with Crippen molar-refractivity contribution >= 4 is 22.5 Å². The van der Waals surface area contributed by atoms with Crippen molar-refractivity contribution in [3.8, 4) is 22.8 Å². The van der Waals surface area contributed by atoms with Crippen LogP contribution < -0.4 is 5.32 Å². The number of halogens is 1. The molecule has 6 rings (SSSR count). The molecule has 1 aliphatic carbocycles. The fourth-order valence-electron chi connectivity index (χ4n) is 3.66. The predicted molar refractivity (Wildman–Crippen MR) is 116 cm³/mol. The Kier molecular flexibility index (Phi) is 4.32. The van der Waals surface area contributed by atoms with Crippen LogP contribution in [0.3, 0.4) is 0 Å². The molecular weight excluding hydrogens is 427 g/mol. The maximum atomic E-state index is 13.3. The quantitative estimate of drug-likeness (QED) is 0.404. The van der Waals surface area contributed by atoms with Crippen molar-refractivity contribution in [2.75, 3.05) is 5.32 Å². The monoisotopic (exact) mass is 444 g/mol. The third-order valence-corrected chi connectivity index (χ3v) is 5.66. The number of benzene rings is 2. The van der Waals surface area contributed by atoms with E-state index in [2.05, 4.69) is 30.6 Å². The van der Waals surface area contributed by atoms with Gasteiger partial charge in [-0.2, -0.15) is 10.1 Å². The van der Waals surface area contributed by atoms with Gasteiger partial charge in [0, 0.05) is 22.2 Å². The Labute approximate surface area is 186 Å². The Morgan fingerprint density at radius 2 is 2.12 bits per heavy atom. The van der Waals surface area contributed by atoms with Gasteiger partial charge in [-0.3, -0.25) is 9.89 Å². The van der Waals surface area contributed by atoms with Gasteiger partial charge in [-0.05, 0) is 37.1 Å². The lowest BCUT2D eigenvalue weighted by molar-refractivity contribution is 0.0997. The first kappa shape index (κ1) is 19.4. The number of fused-ring (bicyclic) bond motifs is 1. The van der Waals surface area contributed by atoms with Crippen LogP contribution in [-0.4, -0.2) is 37.4 Å². The van der Waals surface area contributed by atoms with Gasteiger partial charge in [-0.15, -0.1) is 0 Å². The normalized spacial score (nSPS) is 17.4. The smallest absolute Gasteiger partial charge is 0.293 e. The topological polar surface area (TPSA) is 123 Å². The molecule has 3 aromatic heterocycles. The standard InChI is InChI=1S/C23H17FN6O3/c1-11-5-6-12(20-28-23(33-30-20)14-8-16(14)24)7-18(11)27-21(31)19-10-25-22(32-19)13-3-2-4-17-15(13)9-26-29-17/h2-7,9-10,14,16H,8H2,1H3,(H,26,29)(H,27,31)/t14-,16-/m0/s1. The number of hydrogen-bond acceptors (Lipinski definition) is 7. The molecule has 2 N–H and O–H groups in total. The van der Waals surface area contributed by atoms with Crippen LogP contribution in [0.25, 0.3) is 33.7 Å². The number of nitrogens with zero attached hydrogens (tertiary/aromatic N) is 4. The highest BCUT2D eigenvalue weighted by Crippen LogP contribution is 2.43. The number of oxazole rings is 1. The van der Waals surface area contributed by atoms with Crippen LogP contribution in [0.2, 0.25) is 0 Å². The van der Waals surface area contributed by atoms with Crippen LogP contribution in [0, 0.1) is 6.92 Å². The minimum absolute atomic E-state index is 0.0693. The lowest BCUT2D eigenvalue weighted by Crippen LogP contribution is -2.12. The molecule has 0 unspecified atom stereocenters. The summed E-state index contributed by atoms with van der Waals surface area (Å²) in [6, 6.07) is 11.0. The second-order valence-electron chi connectivity index (χ2n) is 7.96. The van der Waals surface area contributed by atoms with Crippen LogP contribution >= 0.6 is 0 Å². The fourth-order valence-corrected chi connectivity index (χ4v) is 3.66. The summed E-state index contributed by atoms with van der Waals surface area (Å²) in [6.45, 7) is 1.87. The van der Waals surface area contributed by atoms with E-state index in [1.54, 1.807) is 12.3 Å². The molecule has 0 radical (unpaired) electrons. The summed E-state index contributed by atoms with van der Waals surface area (Å²) >= 11 is 0. The number of aryl methyl sites for hydroxylation is 1. The molecule has 9 nitrogen and oxygen atoms in total. The number of H-pyrrole nitrogens is 1. The van der Waals surface area contributed by atoms with Gasteiger partial charge in [0.1, 0.15) is 6.17 Å². The van der Waals surface area contributed by atoms with E-state index in [9.17, 15) is 9.18 Å². The Balaban J connectivity index is 1.24. The van der Waals surface area contributed by atoms with Crippen LogP contribution in [-0.2, 0) is 0 Å². The van der Waals surface area contributed by atoms with E-state index in [4.69, 9.17) is 8.94 Å². The second-order valence-corrected chi connectivity index (χ2v) is 7.96. The maximum Gasteiger partial charge on any atom is 0.293 e. The molecule has 1 fully saturated rings. The first-order valence-corrected chi connectivity index (χ1v) is 10.3. The Morgan fingerprint density at radius 3 is 2.97 bits per heavy atom. The number of carbonyl (C=O) groups is 1. The van der Waals surface area contributed by atoms with E-state index in [1.807, 2.05) is 37.3 Å². The summed E-state index contributed by atoms with van der Waals surface area (Å²) in [7, 11) is 0. The van der Waals surface area contributed by atoms with E-state index in [-0.39, 0.29) is 11.7 Å². The minimum atomic E-state index is -0.918. The number of carbonyl (C=O) groups excluding carboxylic acids is 1. The zero-order valence-corrected chi connectivity index (χ0v) is 17.4. The number of aromatic amines is 1. The van der Waals surface area contributed by atoms with Crippen LogP contribution in [0.5, 0.6) is 0 Å². The zero-order chi connectivity index (χ0) is 22.5. The summed E-state index contributed by atoms with van der Waals surface area (Å²) < 4.78 is 24.2. The molecule has 5 aromatic rings. The molecule has 33 heavy (non-hydrogen) atoms. The third-order valence-electron chi connectivity index (χ3n) is 5.66. The highest BCUT2D eigenvalue weighted by Gasteiger charge is 2.43. The lowest BCUT2D eigenvalue weighted by Gasteiger charge is -2.08. The van der Waals surface area contributed by atoms with Gasteiger partial charge in [0.2, 0.25) is 23.4 Å².